The molecule has 1 saturated carbocycles. The van der Waals surface area contributed by atoms with E-state index in [1.165, 1.54) is 12.7 Å². The van der Waals surface area contributed by atoms with E-state index >= 15 is 0 Å². The van der Waals surface area contributed by atoms with E-state index in [1.807, 2.05) is 60.7 Å². The van der Waals surface area contributed by atoms with Crippen molar-refractivity contribution in [2.75, 3.05) is 6.54 Å². The van der Waals surface area contributed by atoms with Gasteiger partial charge >= 0.3 is 12.2 Å². The highest BCUT2D eigenvalue weighted by Crippen LogP contribution is 2.30. The number of alkyl carbamates (subject to hydrolysis) is 2. The third-order valence-corrected chi connectivity index (χ3v) is 10.5. The Morgan fingerprint density at radius 2 is 1.47 bits per heavy atom. The predicted molar refractivity (Wildman–Crippen MR) is 219 cm³/mol. The van der Waals surface area contributed by atoms with Gasteiger partial charge in [0, 0.05) is 31.3 Å². The smallest absolute Gasteiger partial charge is 0.408 e. The average molecular weight is 789 g/mol. The zero-order chi connectivity index (χ0) is 41.2. The number of aromatic amines is 1. The summed E-state index contributed by atoms with van der Waals surface area (Å²) in [5, 5.41) is 23.5. The molecule has 1 aliphatic rings. The number of amides is 4. The Morgan fingerprint density at radius 1 is 0.842 bits per heavy atom. The van der Waals surface area contributed by atoms with Gasteiger partial charge < -0.3 is 40.8 Å². The van der Waals surface area contributed by atoms with Crippen LogP contribution in [0.2, 0.25) is 0 Å². The second-order valence-electron chi connectivity index (χ2n) is 16.7. The third kappa shape index (κ3) is 16.6. The first-order valence-corrected chi connectivity index (χ1v) is 20.5. The Morgan fingerprint density at radius 3 is 2.09 bits per heavy atom. The summed E-state index contributed by atoms with van der Waals surface area (Å²) in [6.07, 6.45) is 8.31. The lowest BCUT2D eigenvalue weighted by atomic mass is 9.80. The Kier molecular flexibility index (Phi) is 17.9. The molecule has 1 fully saturated rings. The van der Waals surface area contributed by atoms with Gasteiger partial charge in [-0.25, -0.2) is 14.6 Å². The summed E-state index contributed by atoms with van der Waals surface area (Å²) < 4.78 is 10.9. The molecule has 2 aromatic carbocycles. The summed E-state index contributed by atoms with van der Waals surface area (Å²) in [6, 6.07) is 16.1. The number of imidazole rings is 1. The molecule has 4 amide bonds. The van der Waals surface area contributed by atoms with E-state index in [0.29, 0.717) is 37.4 Å². The molecule has 1 aliphatic carbocycles. The number of nitrogens with zero attached hydrogens (tertiary/aromatic N) is 1. The van der Waals surface area contributed by atoms with Crippen LogP contribution in [0.4, 0.5) is 9.59 Å². The Labute approximate surface area is 337 Å². The van der Waals surface area contributed by atoms with Crippen LogP contribution in [0.25, 0.3) is 0 Å². The maximum absolute atomic E-state index is 14.3. The number of hydrogen-bond acceptors (Lipinski definition) is 8. The van der Waals surface area contributed by atoms with E-state index in [4.69, 9.17) is 9.47 Å². The molecule has 3 aromatic rings. The number of nitrogens with one attached hydrogen (secondary N) is 5. The van der Waals surface area contributed by atoms with Crippen molar-refractivity contribution in [1.29, 1.82) is 0 Å². The molecule has 13 nitrogen and oxygen atoms in total. The van der Waals surface area contributed by atoms with Crippen LogP contribution >= 0.6 is 0 Å². The minimum absolute atomic E-state index is 0.0401. The van der Waals surface area contributed by atoms with Gasteiger partial charge in [-0.2, -0.15) is 0 Å². The number of benzene rings is 2. The van der Waals surface area contributed by atoms with Gasteiger partial charge in [0.15, 0.2) is 0 Å². The van der Waals surface area contributed by atoms with E-state index in [-0.39, 0.29) is 31.3 Å². The van der Waals surface area contributed by atoms with Crippen LogP contribution in [0.3, 0.4) is 0 Å². The third-order valence-electron chi connectivity index (χ3n) is 10.5. The fourth-order valence-electron chi connectivity index (χ4n) is 7.32. The highest BCUT2D eigenvalue weighted by molar-refractivity contribution is 5.91. The molecule has 312 valence electrons. The summed E-state index contributed by atoms with van der Waals surface area (Å²) in [7, 11) is 0. The summed E-state index contributed by atoms with van der Waals surface area (Å²) in [4.78, 5) is 60.9. The highest BCUT2D eigenvalue weighted by atomic mass is 16.6. The molecule has 1 aromatic heterocycles. The van der Waals surface area contributed by atoms with Gasteiger partial charge in [-0.1, -0.05) is 107 Å². The standard InChI is InChI=1S/C44H64N6O7/c1-30(2)34(21-22-46-42(54)56-28-33-19-13-8-14-20-33)25-39(51)36(23-31-15-9-6-10-16-31)48-41(53)38(26-35-27-45-29-47-35)49-40(52)37(24-32-17-11-7-12-18-32)50-43(55)57-44(3,4)5/h7-8,11-14,17-20,27,29-31,34,36-39,51H,6,9-10,15-16,21-26,28H2,1-5H3,(H,45,47)(H,46,54)(H,48,53)(H,49,52)(H,50,55)/t34-,36-,37-,38-,39-/m0/s1. The topological polar surface area (TPSA) is 184 Å². The van der Waals surface area contributed by atoms with Crippen molar-refractivity contribution in [1.82, 2.24) is 31.2 Å². The van der Waals surface area contributed by atoms with Gasteiger partial charge in [-0.05, 0) is 68.9 Å². The molecule has 5 atom stereocenters. The van der Waals surface area contributed by atoms with E-state index in [0.717, 1.165) is 36.8 Å². The van der Waals surface area contributed by atoms with Crippen molar-refractivity contribution < 1.29 is 33.8 Å². The van der Waals surface area contributed by atoms with Gasteiger partial charge in [-0.15, -0.1) is 0 Å². The van der Waals surface area contributed by atoms with Crippen LogP contribution < -0.4 is 21.3 Å². The van der Waals surface area contributed by atoms with Crippen molar-refractivity contribution >= 4 is 24.0 Å². The fourth-order valence-corrected chi connectivity index (χ4v) is 7.32. The van der Waals surface area contributed by atoms with Crippen LogP contribution in [0.5, 0.6) is 0 Å². The summed E-state index contributed by atoms with van der Waals surface area (Å²) >= 11 is 0. The van der Waals surface area contributed by atoms with Crippen molar-refractivity contribution in [3.63, 3.8) is 0 Å². The Bertz CT molecular complexity index is 1640. The first kappa shape index (κ1) is 44.8. The lowest BCUT2D eigenvalue weighted by Crippen LogP contribution is -2.57. The average Bonchev–Trinajstić information content (AvgIpc) is 3.69. The number of aliphatic hydroxyl groups is 1. The maximum atomic E-state index is 14.3. The first-order valence-electron chi connectivity index (χ1n) is 20.5. The molecule has 0 spiro atoms. The zero-order valence-corrected chi connectivity index (χ0v) is 34.3. The zero-order valence-electron chi connectivity index (χ0n) is 34.3. The number of aliphatic hydroxyl groups excluding tert-OH is 1. The molecule has 0 bridgehead atoms. The lowest BCUT2D eigenvalue weighted by Gasteiger charge is -2.34. The van der Waals surface area contributed by atoms with Gasteiger partial charge in [-0.3, -0.25) is 9.59 Å². The summed E-state index contributed by atoms with van der Waals surface area (Å²) in [5.41, 5.74) is 1.57. The van der Waals surface area contributed by atoms with Crippen molar-refractivity contribution in [3.05, 3.63) is 90.0 Å². The molecule has 6 N–H and O–H groups in total. The molecule has 0 saturated heterocycles. The molecule has 1 heterocycles. The van der Waals surface area contributed by atoms with Gasteiger partial charge in [0.25, 0.3) is 0 Å². The molecule has 0 radical (unpaired) electrons. The second-order valence-corrected chi connectivity index (χ2v) is 16.7. The van der Waals surface area contributed by atoms with Crippen molar-refractivity contribution in [2.45, 2.75) is 135 Å². The molecule has 0 unspecified atom stereocenters. The highest BCUT2D eigenvalue weighted by Gasteiger charge is 2.33. The Hall–Kier alpha value is -4.91. The molecule has 13 heteroatoms. The number of carbonyl (C=O) groups is 4. The molecular formula is C44H64N6O7. The van der Waals surface area contributed by atoms with Crippen LogP contribution in [0.1, 0.15) is 103 Å². The SMILES string of the molecule is CC(C)[C@@H](CCNC(=O)OCc1ccccc1)C[C@H](O)[C@H](CC1CCCCC1)NC(=O)[C@H](Cc1cnc[nH]1)NC(=O)[C@H](Cc1ccccc1)NC(=O)OC(C)(C)C. The van der Waals surface area contributed by atoms with Crippen molar-refractivity contribution in [2.24, 2.45) is 17.8 Å². The van der Waals surface area contributed by atoms with Gasteiger partial charge in [0.1, 0.15) is 24.3 Å². The molecule has 0 aliphatic heterocycles. The maximum Gasteiger partial charge on any atom is 0.408 e. The first-order chi connectivity index (χ1) is 27.3. The minimum atomic E-state index is -1.05. The quantitative estimate of drug-likeness (QED) is 0.0764. The number of aromatic nitrogens is 2. The number of carbonyl (C=O) groups excluding carboxylic acids is 4. The van der Waals surface area contributed by atoms with E-state index < -0.39 is 53.8 Å². The summed E-state index contributed by atoms with van der Waals surface area (Å²) in [5.74, 6) is -0.426. The normalized spacial score (nSPS) is 16.1. The number of rotatable bonds is 20. The van der Waals surface area contributed by atoms with E-state index in [2.05, 4.69) is 45.1 Å². The molecule has 4 rings (SSSR count). The van der Waals surface area contributed by atoms with Crippen molar-refractivity contribution in [3.8, 4) is 0 Å². The molecule has 57 heavy (non-hydrogen) atoms. The fraction of sp³-hybridized carbons (Fsp3) is 0.568. The number of H-pyrrole nitrogens is 1. The van der Waals surface area contributed by atoms with Gasteiger partial charge in [0.05, 0.1) is 18.5 Å². The largest absolute Gasteiger partial charge is 0.445 e. The van der Waals surface area contributed by atoms with Gasteiger partial charge in [0.2, 0.25) is 11.8 Å². The molecular weight excluding hydrogens is 725 g/mol. The van der Waals surface area contributed by atoms with Crippen LogP contribution in [-0.2, 0) is 38.5 Å². The predicted octanol–water partition coefficient (Wildman–Crippen LogP) is 6.37. The Balaban J connectivity index is 1.47. The van der Waals surface area contributed by atoms with Crippen LogP contribution in [0, 0.1) is 17.8 Å². The van der Waals surface area contributed by atoms with Crippen LogP contribution in [0.15, 0.2) is 73.2 Å². The number of hydrogen-bond donors (Lipinski definition) is 6. The van der Waals surface area contributed by atoms with E-state index in [1.54, 1.807) is 27.0 Å². The van der Waals surface area contributed by atoms with E-state index in [9.17, 15) is 24.3 Å². The lowest BCUT2D eigenvalue weighted by molar-refractivity contribution is -0.131. The summed E-state index contributed by atoms with van der Waals surface area (Å²) in [6.45, 7) is 9.96. The number of ether oxygens (including phenoxy) is 2. The second kappa shape index (κ2) is 22.7. The van der Waals surface area contributed by atoms with Crippen LogP contribution in [-0.4, -0.2) is 75.5 Å². The monoisotopic (exact) mass is 788 g/mol. The minimum Gasteiger partial charge on any atom is -0.445 e.